The van der Waals surface area contributed by atoms with Crippen LogP contribution in [0.5, 0.6) is 5.75 Å². The Labute approximate surface area is 126 Å². The molecule has 1 aliphatic carbocycles. The second-order valence-electron chi connectivity index (χ2n) is 5.14. The number of halogens is 1. The Morgan fingerprint density at radius 2 is 2.10 bits per heavy atom. The fraction of sp³-hybridized carbons (Fsp3) is 0.467. The van der Waals surface area contributed by atoms with Crippen LogP contribution in [-0.4, -0.2) is 17.1 Å². The molecule has 0 saturated heterocycles. The van der Waals surface area contributed by atoms with Gasteiger partial charge in [-0.15, -0.1) is 0 Å². The summed E-state index contributed by atoms with van der Waals surface area (Å²) >= 11 is 3.17. The highest BCUT2D eigenvalue weighted by atomic mass is 79.9. The first kappa shape index (κ1) is 14.9. The van der Waals surface area contributed by atoms with E-state index in [1.165, 1.54) is 12.5 Å². The second kappa shape index (κ2) is 6.76. The Morgan fingerprint density at radius 1 is 1.40 bits per heavy atom. The lowest BCUT2D eigenvalue weighted by molar-refractivity contribution is 0.0928. The number of nitrogens with zero attached hydrogens (tertiary/aromatic N) is 1. The molecular formula is C15H17BrN2O2. The zero-order valence-electron chi connectivity index (χ0n) is 11.1. The van der Waals surface area contributed by atoms with Gasteiger partial charge in [-0.3, -0.25) is 4.79 Å². The van der Waals surface area contributed by atoms with Crippen LogP contribution in [0, 0.1) is 17.2 Å². The molecule has 20 heavy (non-hydrogen) atoms. The lowest BCUT2D eigenvalue weighted by Gasteiger charge is -2.26. The van der Waals surface area contributed by atoms with Crippen LogP contribution >= 0.6 is 15.9 Å². The molecule has 1 atom stereocenters. The average molecular weight is 337 g/mol. The van der Waals surface area contributed by atoms with E-state index in [4.69, 9.17) is 0 Å². The number of hydrogen-bond donors (Lipinski definition) is 2. The van der Waals surface area contributed by atoms with Crippen LogP contribution < -0.4 is 5.32 Å². The largest absolute Gasteiger partial charge is 0.507 e. The Bertz CT molecular complexity index is 533. The molecule has 1 aromatic rings. The molecule has 1 aromatic carbocycles. The first-order valence-corrected chi connectivity index (χ1v) is 7.60. The predicted molar refractivity (Wildman–Crippen MR) is 79.2 cm³/mol. The van der Waals surface area contributed by atoms with E-state index in [1.807, 2.05) is 0 Å². The quantitative estimate of drug-likeness (QED) is 0.888. The van der Waals surface area contributed by atoms with E-state index in [2.05, 4.69) is 27.3 Å². The van der Waals surface area contributed by atoms with Crippen LogP contribution in [0.2, 0.25) is 0 Å². The van der Waals surface area contributed by atoms with Crippen LogP contribution in [0.25, 0.3) is 0 Å². The second-order valence-corrected chi connectivity index (χ2v) is 6.00. The topological polar surface area (TPSA) is 73.1 Å². The van der Waals surface area contributed by atoms with Gasteiger partial charge < -0.3 is 10.4 Å². The van der Waals surface area contributed by atoms with Crippen molar-refractivity contribution >= 4 is 21.8 Å². The van der Waals surface area contributed by atoms with Crippen LogP contribution in [0.3, 0.4) is 0 Å². The summed E-state index contributed by atoms with van der Waals surface area (Å²) in [7, 11) is 0. The van der Waals surface area contributed by atoms with E-state index in [-0.39, 0.29) is 17.6 Å². The van der Waals surface area contributed by atoms with Gasteiger partial charge in [0.1, 0.15) is 11.8 Å². The number of rotatable bonds is 3. The van der Waals surface area contributed by atoms with Crippen LogP contribution in [-0.2, 0) is 0 Å². The Hall–Kier alpha value is -1.54. The maximum absolute atomic E-state index is 12.1. The van der Waals surface area contributed by atoms with E-state index in [1.54, 1.807) is 12.1 Å². The van der Waals surface area contributed by atoms with E-state index in [0.29, 0.717) is 10.0 Å². The number of nitriles is 1. The molecule has 5 heteroatoms. The lowest BCUT2D eigenvalue weighted by Crippen LogP contribution is -2.40. The molecule has 2 N–H and O–H groups in total. The van der Waals surface area contributed by atoms with Crippen LogP contribution in [0.1, 0.15) is 42.5 Å². The molecule has 0 aromatic heterocycles. The van der Waals surface area contributed by atoms with Crippen molar-refractivity contribution in [2.24, 2.45) is 5.92 Å². The minimum absolute atomic E-state index is 0.0174. The molecule has 1 amide bonds. The first-order valence-electron chi connectivity index (χ1n) is 6.81. The third kappa shape index (κ3) is 3.51. The third-order valence-corrected chi connectivity index (χ3v) is 4.43. The number of benzene rings is 1. The van der Waals surface area contributed by atoms with E-state index >= 15 is 0 Å². The summed E-state index contributed by atoms with van der Waals surface area (Å²) in [6.07, 6.45) is 5.44. The van der Waals surface area contributed by atoms with Crippen molar-refractivity contribution in [1.29, 1.82) is 5.26 Å². The fourth-order valence-electron chi connectivity index (χ4n) is 2.60. The van der Waals surface area contributed by atoms with Gasteiger partial charge in [-0.25, -0.2) is 0 Å². The van der Waals surface area contributed by atoms with E-state index in [9.17, 15) is 15.2 Å². The summed E-state index contributed by atoms with van der Waals surface area (Å²) in [6.45, 7) is 0. The summed E-state index contributed by atoms with van der Waals surface area (Å²) in [6, 6.07) is 6.38. The number of hydrogen-bond acceptors (Lipinski definition) is 3. The highest BCUT2D eigenvalue weighted by Gasteiger charge is 2.25. The number of aromatic hydroxyl groups is 1. The number of phenolic OH excluding ortho intramolecular Hbond substituents is 1. The van der Waals surface area contributed by atoms with Crippen molar-refractivity contribution < 1.29 is 9.90 Å². The van der Waals surface area contributed by atoms with E-state index < -0.39 is 6.04 Å². The maximum atomic E-state index is 12.1. The SMILES string of the molecule is N#CC(NC(=O)c1ccc(Br)c(O)c1)C1CCCCC1. The van der Waals surface area contributed by atoms with Crippen molar-refractivity contribution in [2.75, 3.05) is 0 Å². The van der Waals surface area contributed by atoms with Gasteiger partial charge in [-0.05, 0) is 52.9 Å². The zero-order chi connectivity index (χ0) is 14.5. The minimum atomic E-state index is -0.450. The molecule has 1 aliphatic rings. The molecule has 4 nitrogen and oxygen atoms in total. The molecule has 0 spiro atoms. The van der Waals surface area contributed by atoms with Gasteiger partial charge in [-0.2, -0.15) is 5.26 Å². The molecule has 0 bridgehead atoms. The summed E-state index contributed by atoms with van der Waals surface area (Å²) < 4.78 is 0.540. The standard InChI is InChI=1S/C15H17BrN2O2/c16-12-7-6-11(8-14(12)19)15(20)18-13(9-17)10-4-2-1-3-5-10/h6-8,10,13,19H,1-5H2,(H,18,20). The normalized spacial score (nSPS) is 17.2. The van der Waals surface area contributed by atoms with Gasteiger partial charge in [0.05, 0.1) is 10.5 Å². The number of carbonyl (C=O) groups excluding carboxylic acids is 1. The summed E-state index contributed by atoms with van der Waals surface area (Å²) in [5.74, 6) is -0.0597. The monoisotopic (exact) mass is 336 g/mol. The Morgan fingerprint density at radius 3 is 2.70 bits per heavy atom. The minimum Gasteiger partial charge on any atom is -0.507 e. The van der Waals surface area contributed by atoms with Gasteiger partial charge in [0.2, 0.25) is 0 Å². The predicted octanol–water partition coefficient (Wildman–Crippen LogP) is 3.36. The average Bonchev–Trinajstić information content (AvgIpc) is 2.48. The van der Waals surface area contributed by atoms with Crippen molar-refractivity contribution in [3.63, 3.8) is 0 Å². The molecule has 0 heterocycles. The molecule has 0 radical (unpaired) electrons. The summed E-state index contributed by atoms with van der Waals surface area (Å²) in [5.41, 5.74) is 0.363. The molecular weight excluding hydrogens is 320 g/mol. The fourth-order valence-corrected chi connectivity index (χ4v) is 2.85. The molecule has 2 rings (SSSR count). The summed E-state index contributed by atoms with van der Waals surface area (Å²) in [4.78, 5) is 12.1. The van der Waals surface area contributed by atoms with Crippen molar-refractivity contribution in [3.05, 3.63) is 28.2 Å². The first-order chi connectivity index (χ1) is 9.61. The highest BCUT2D eigenvalue weighted by Crippen LogP contribution is 2.27. The zero-order valence-corrected chi connectivity index (χ0v) is 12.7. The van der Waals surface area contributed by atoms with Gasteiger partial charge in [0.15, 0.2) is 0 Å². The molecule has 1 saturated carbocycles. The van der Waals surface area contributed by atoms with Crippen molar-refractivity contribution in [3.8, 4) is 11.8 Å². The lowest BCUT2D eigenvalue weighted by atomic mass is 9.84. The number of carbonyl (C=O) groups is 1. The molecule has 1 fully saturated rings. The highest BCUT2D eigenvalue weighted by molar-refractivity contribution is 9.10. The molecule has 0 aliphatic heterocycles. The van der Waals surface area contributed by atoms with Crippen LogP contribution in [0.15, 0.2) is 22.7 Å². The number of amides is 1. The molecule has 106 valence electrons. The van der Waals surface area contributed by atoms with Crippen LogP contribution in [0.4, 0.5) is 0 Å². The van der Waals surface area contributed by atoms with Gasteiger partial charge in [0, 0.05) is 5.56 Å². The summed E-state index contributed by atoms with van der Waals surface area (Å²) in [5, 5.41) is 21.6. The smallest absolute Gasteiger partial charge is 0.252 e. The van der Waals surface area contributed by atoms with Gasteiger partial charge >= 0.3 is 0 Å². The van der Waals surface area contributed by atoms with Crippen molar-refractivity contribution in [2.45, 2.75) is 38.1 Å². The Balaban J connectivity index is 2.05. The Kier molecular flexibility index (Phi) is 5.02. The maximum Gasteiger partial charge on any atom is 0.252 e. The number of nitrogens with one attached hydrogen (secondary N) is 1. The third-order valence-electron chi connectivity index (χ3n) is 3.76. The molecule has 1 unspecified atom stereocenters. The van der Waals surface area contributed by atoms with Gasteiger partial charge in [0.25, 0.3) is 5.91 Å². The number of phenols is 1. The van der Waals surface area contributed by atoms with E-state index in [0.717, 1.165) is 25.7 Å². The van der Waals surface area contributed by atoms with Gasteiger partial charge in [-0.1, -0.05) is 19.3 Å². The van der Waals surface area contributed by atoms with Crippen molar-refractivity contribution in [1.82, 2.24) is 5.32 Å².